The Kier molecular flexibility index (Phi) is 6.40. The van der Waals surface area contributed by atoms with Crippen molar-refractivity contribution in [3.63, 3.8) is 0 Å². The fourth-order valence-corrected chi connectivity index (χ4v) is 3.11. The molecular weight excluding hydrogens is 274 g/mol. The SMILES string of the molecule is CNCC1CCN(CC(=O)N(C)C(C)c2ccccc2)CC1. The first-order valence-electron chi connectivity index (χ1n) is 8.29. The van der Waals surface area contributed by atoms with E-state index in [1.807, 2.05) is 37.2 Å². The number of nitrogens with one attached hydrogen (secondary N) is 1. The molecule has 4 nitrogen and oxygen atoms in total. The van der Waals surface area contributed by atoms with Crippen LogP contribution in [0.5, 0.6) is 0 Å². The van der Waals surface area contributed by atoms with Crippen LogP contribution < -0.4 is 5.32 Å². The van der Waals surface area contributed by atoms with Crippen LogP contribution in [0.1, 0.15) is 31.4 Å². The van der Waals surface area contributed by atoms with Crippen molar-refractivity contribution in [1.29, 1.82) is 0 Å². The Bertz CT molecular complexity index is 455. The van der Waals surface area contributed by atoms with Gasteiger partial charge in [-0.3, -0.25) is 9.69 Å². The highest BCUT2D eigenvalue weighted by molar-refractivity contribution is 5.78. The number of carbonyl (C=O) groups excluding carboxylic acids is 1. The second kappa shape index (κ2) is 8.30. The summed E-state index contributed by atoms with van der Waals surface area (Å²) >= 11 is 0. The Labute approximate surface area is 134 Å². The quantitative estimate of drug-likeness (QED) is 0.874. The molecule has 2 rings (SSSR count). The Hall–Kier alpha value is -1.39. The molecule has 4 heteroatoms. The van der Waals surface area contributed by atoms with Gasteiger partial charge in [0.1, 0.15) is 0 Å². The van der Waals surface area contributed by atoms with Crippen molar-refractivity contribution < 1.29 is 4.79 Å². The van der Waals surface area contributed by atoms with E-state index in [1.54, 1.807) is 0 Å². The Balaban J connectivity index is 1.82. The largest absolute Gasteiger partial charge is 0.338 e. The number of rotatable bonds is 6. The summed E-state index contributed by atoms with van der Waals surface area (Å²) in [6, 6.07) is 10.3. The predicted octanol–water partition coefficient (Wildman–Crippen LogP) is 2.14. The van der Waals surface area contributed by atoms with Crippen LogP contribution in [-0.2, 0) is 4.79 Å². The number of carbonyl (C=O) groups is 1. The highest BCUT2D eigenvalue weighted by Crippen LogP contribution is 2.20. The Morgan fingerprint density at radius 3 is 2.55 bits per heavy atom. The summed E-state index contributed by atoms with van der Waals surface area (Å²) in [6.45, 7) is 5.79. The summed E-state index contributed by atoms with van der Waals surface area (Å²) in [4.78, 5) is 16.7. The minimum Gasteiger partial charge on any atom is -0.338 e. The minimum absolute atomic E-state index is 0.121. The maximum absolute atomic E-state index is 12.5. The average molecular weight is 303 g/mol. The smallest absolute Gasteiger partial charge is 0.236 e. The van der Waals surface area contributed by atoms with Gasteiger partial charge in [0.2, 0.25) is 5.91 Å². The van der Waals surface area contributed by atoms with Gasteiger partial charge in [-0.15, -0.1) is 0 Å². The zero-order valence-electron chi connectivity index (χ0n) is 14.1. The topological polar surface area (TPSA) is 35.6 Å². The maximum atomic E-state index is 12.5. The van der Waals surface area contributed by atoms with Gasteiger partial charge < -0.3 is 10.2 Å². The third kappa shape index (κ3) is 4.55. The van der Waals surface area contributed by atoms with Crippen LogP contribution in [0, 0.1) is 5.92 Å². The summed E-state index contributed by atoms with van der Waals surface area (Å²) in [5.74, 6) is 0.973. The van der Waals surface area contributed by atoms with Gasteiger partial charge in [0.05, 0.1) is 12.6 Å². The Morgan fingerprint density at radius 1 is 1.32 bits per heavy atom. The van der Waals surface area contributed by atoms with Gasteiger partial charge in [-0.2, -0.15) is 0 Å². The monoisotopic (exact) mass is 303 g/mol. The number of nitrogens with zero attached hydrogens (tertiary/aromatic N) is 2. The standard InChI is InChI=1S/C18H29N3O/c1-15(17-7-5-4-6-8-17)20(3)18(22)14-21-11-9-16(10-12-21)13-19-2/h4-8,15-16,19H,9-14H2,1-3H3. The van der Waals surface area contributed by atoms with Gasteiger partial charge in [-0.25, -0.2) is 0 Å². The highest BCUT2D eigenvalue weighted by atomic mass is 16.2. The number of likely N-dealkylation sites (tertiary alicyclic amines) is 1. The zero-order valence-corrected chi connectivity index (χ0v) is 14.1. The lowest BCUT2D eigenvalue weighted by Crippen LogP contribution is -2.43. The molecule has 1 saturated heterocycles. The number of piperidine rings is 1. The van der Waals surface area contributed by atoms with Crippen molar-refractivity contribution in [3.05, 3.63) is 35.9 Å². The summed E-state index contributed by atoms with van der Waals surface area (Å²) in [5, 5.41) is 3.25. The maximum Gasteiger partial charge on any atom is 0.236 e. The van der Waals surface area contributed by atoms with E-state index in [9.17, 15) is 4.79 Å². The van der Waals surface area contributed by atoms with E-state index >= 15 is 0 Å². The molecule has 1 heterocycles. The van der Waals surface area contributed by atoms with E-state index in [2.05, 4.69) is 29.3 Å². The van der Waals surface area contributed by atoms with Crippen LogP contribution >= 0.6 is 0 Å². The molecule has 1 unspecified atom stereocenters. The third-order valence-electron chi connectivity index (χ3n) is 4.82. The van der Waals surface area contributed by atoms with E-state index in [1.165, 1.54) is 18.4 Å². The molecule has 0 spiro atoms. The summed E-state index contributed by atoms with van der Waals surface area (Å²) in [5.41, 5.74) is 1.19. The number of benzene rings is 1. The molecule has 1 N–H and O–H groups in total. The lowest BCUT2D eigenvalue weighted by Gasteiger charge is -2.33. The van der Waals surface area contributed by atoms with Crippen molar-refractivity contribution >= 4 is 5.91 Å². The van der Waals surface area contributed by atoms with Gasteiger partial charge in [-0.1, -0.05) is 30.3 Å². The van der Waals surface area contributed by atoms with Gasteiger partial charge in [0.15, 0.2) is 0 Å². The molecule has 0 bridgehead atoms. The zero-order chi connectivity index (χ0) is 15.9. The normalized spacial score (nSPS) is 18.1. The average Bonchev–Trinajstić information content (AvgIpc) is 2.56. The van der Waals surface area contributed by atoms with Gasteiger partial charge in [-0.05, 0) is 57.9 Å². The third-order valence-corrected chi connectivity index (χ3v) is 4.82. The van der Waals surface area contributed by atoms with Crippen molar-refractivity contribution in [2.45, 2.75) is 25.8 Å². The van der Waals surface area contributed by atoms with Crippen molar-refractivity contribution in [3.8, 4) is 0 Å². The number of amides is 1. The van der Waals surface area contributed by atoms with Crippen LogP contribution in [0.25, 0.3) is 0 Å². The van der Waals surface area contributed by atoms with E-state index in [-0.39, 0.29) is 11.9 Å². The van der Waals surface area contributed by atoms with E-state index < -0.39 is 0 Å². The first kappa shape index (κ1) is 17.0. The first-order valence-corrected chi connectivity index (χ1v) is 8.29. The van der Waals surface area contributed by atoms with E-state index in [4.69, 9.17) is 0 Å². The molecule has 1 aliphatic heterocycles. The molecule has 0 aliphatic carbocycles. The lowest BCUT2D eigenvalue weighted by atomic mass is 9.97. The number of likely N-dealkylation sites (N-methyl/N-ethyl adjacent to an activating group) is 1. The Morgan fingerprint density at radius 2 is 1.95 bits per heavy atom. The molecule has 1 fully saturated rings. The predicted molar refractivity (Wildman–Crippen MR) is 90.7 cm³/mol. The summed E-state index contributed by atoms with van der Waals surface area (Å²) < 4.78 is 0. The van der Waals surface area contributed by atoms with Crippen molar-refractivity contribution in [2.75, 3.05) is 40.3 Å². The highest BCUT2D eigenvalue weighted by Gasteiger charge is 2.23. The molecule has 22 heavy (non-hydrogen) atoms. The fraction of sp³-hybridized carbons (Fsp3) is 0.611. The van der Waals surface area contributed by atoms with Gasteiger partial charge >= 0.3 is 0 Å². The molecule has 1 aliphatic rings. The van der Waals surface area contributed by atoms with Crippen LogP contribution in [0.3, 0.4) is 0 Å². The van der Waals surface area contributed by atoms with Crippen molar-refractivity contribution in [2.24, 2.45) is 5.92 Å². The number of hydrogen-bond donors (Lipinski definition) is 1. The molecule has 1 amide bonds. The van der Waals surface area contributed by atoms with Crippen LogP contribution in [0.4, 0.5) is 0 Å². The summed E-state index contributed by atoms with van der Waals surface area (Å²) in [6.07, 6.45) is 2.37. The lowest BCUT2D eigenvalue weighted by molar-refractivity contribution is -0.133. The molecule has 1 aromatic carbocycles. The van der Waals surface area contributed by atoms with E-state index in [0.29, 0.717) is 6.54 Å². The van der Waals surface area contributed by atoms with Crippen LogP contribution in [-0.4, -0.2) is 56.0 Å². The van der Waals surface area contributed by atoms with Crippen LogP contribution in [0.2, 0.25) is 0 Å². The number of hydrogen-bond acceptors (Lipinski definition) is 3. The second-order valence-electron chi connectivity index (χ2n) is 6.37. The summed E-state index contributed by atoms with van der Waals surface area (Å²) in [7, 11) is 3.92. The van der Waals surface area contributed by atoms with E-state index in [0.717, 1.165) is 25.6 Å². The van der Waals surface area contributed by atoms with Gasteiger partial charge in [0, 0.05) is 7.05 Å². The van der Waals surface area contributed by atoms with Gasteiger partial charge in [0.25, 0.3) is 0 Å². The fourth-order valence-electron chi connectivity index (χ4n) is 3.11. The molecule has 0 radical (unpaired) electrons. The first-order chi connectivity index (χ1) is 10.6. The molecule has 1 atom stereocenters. The molecule has 0 aromatic heterocycles. The molecule has 0 saturated carbocycles. The van der Waals surface area contributed by atoms with Crippen molar-refractivity contribution in [1.82, 2.24) is 15.1 Å². The second-order valence-corrected chi connectivity index (χ2v) is 6.37. The minimum atomic E-state index is 0.121. The molecular formula is C18H29N3O. The van der Waals surface area contributed by atoms with Crippen LogP contribution in [0.15, 0.2) is 30.3 Å². The molecule has 122 valence electrons. The molecule has 1 aromatic rings.